The lowest BCUT2D eigenvalue weighted by Gasteiger charge is -2.15. The smallest absolute Gasteiger partial charge is 0.252 e. The molecule has 116 valence electrons. The first-order chi connectivity index (χ1) is 10.4. The summed E-state index contributed by atoms with van der Waals surface area (Å²) in [6.07, 6.45) is 0. The minimum absolute atomic E-state index is 0.192. The van der Waals surface area contributed by atoms with Gasteiger partial charge in [-0.25, -0.2) is 0 Å². The molecule has 0 radical (unpaired) electrons. The molecule has 0 saturated carbocycles. The number of aromatic nitrogens is 1. The minimum atomic E-state index is -0.583. The molecule has 0 bridgehead atoms. The lowest BCUT2D eigenvalue weighted by atomic mass is 10.0. The summed E-state index contributed by atoms with van der Waals surface area (Å²) in [5.41, 5.74) is 3.15. The number of carbonyl (C=O) groups is 2. The normalized spacial score (nSPS) is 12.0. The van der Waals surface area contributed by atoms with Gasteiger partial charge in [-0.15, -0.1) is 0 Å². The summed E-state index contributed by atoms with van der Waals surface area (Å²) >= 11 is 0. The van der Waals surface area contributed by atoms with Crippen molar-refractivity contribution in [3.63, 3.8) is 0 Å². The van der Waals surface area contributed by atoms with Gasteiger partial charge in [0.2, 0.25) is 5.91 Å². The molecule has 0 aliphatic carbocycles. The van der Waals surface area contributed by atoms with Gasteiger partial charge in [0, 0.05) is 17.6 Å². The van der Waals surface area contributed by atoms with Crippen molar-refractivity contribution < 1.29 is 9.59 Å². The van der Waals surface area contributed by atoms with E-state index in [4.69, 9.17) is 0 Å². The highest BCUT2D eigenvalue weighted by atomic mass is 16.2. The third-order valence-corrected chi connectivity index (χ3v) is 3.43. The largest absolute Gasteiger partial charge is 0.355 e. The van der Waals surface area contributed by atoms with Crippen molar-refractivity contribution >= 4 is 22.7 Å². The molecule has 5 heteroatoms. The Balaban J connectivity index is 2.35. The Kier molecular flexibility index (Phi) is 4.75. The molecular weight excluding hydrogens is 278 g/mol. The molecule has 1 aromatic carbocycles. The van der Waals surface area contributed by atoms with E-state index in [-0.39, 0.29) is 11.8 Å². The number of pyridine rings is 1. The van der Waals surface area contributed by atoms with Gasteiger partial charge in [0.25, 0.3) is 5.91 Å². The monoisotopic (exact) mass is 299 g/mol. The van der Waals surface area contributed by atoms with Crippen LogP contribution in [0.25, 0.3) is 10.9 Å². The second-order valence-electron chi connectivity index (χ2n) is 5.42. The van der Waals surface area contributed by atoms with Gasteiger partial charge < -0.3 is 10.6 Å². The first-order valence-corrected chi connectivity index (χ1v) is 7.39. The average Bonchev–Trinajstić information content (AvgIpc) is 2.47. The van der Waals surface area contributed by atoms with Crippen molar-refractivity contribution in [2.24, 2.45) is 0 Å². The van der Waals surface area contributed by atoms with Crippen molar-refractivity contribution in [2.75, 3.05) is 6.54 Å². The summed E-state index contributed by atoms with van der Waals surface area (Å²) in [4.78, 5) is 28.7. The van der Waals surface area contributed by atoms with Gasteiger partial charge in [0.1, 0.15) is 6.04 Å². The SMILES string of the molecule is CCNC(=O)C(C)NC(=O)c1cc(C)nc2ccc(C)cc12. The molecule has 1 aromatic heterocycles. The minimum Gasteiger partial charge on any atom is -0.355 e. The molecule has 0 spiro atoms. The van der Waals surface area contributed by atoms with E-state index in [1.807, 2.05) is 39.0 Å². The van der Waals surface area contributed by atoms with Gasteiger partial charge >= 0.3 is 0 Å². The van der Waals surface area contributed by atoms with Crippen LogP contribution in [0, 0.1) is 13.8 Å². The van der Waals surface area contributed by atoms with Crippen molar-refractivity contribution in [3.05, 3.63) is 41.1 Å². The van der Waals surface area contributed by atoms with Gasteiger partial charge in [-0.3, -0.25) is 14.6 Å². The number of amides is 2. The molecule has 1 unspecified atom stereocenters. The van der Waals surface area contributed by atoms with Crippen molar-refractivity contribution in [1.82, 2.24) is 15.6 Å². The predicted octanol–water partition coefficient (Wildman–Crippen LogP) is 2.11. The lowest BCUT2D eigenvalue weighted by Crippen LogP contribution is -2.44. The molecule has 5 nitrogen and oxygen atoms in total. The quantitative estimate of drug-likeness (QED) is 0.908. The number of carbonyl (C=O) groups excluding carboxylic acids is 2. The third kappa shape index (κ3) is 3.42. The van der Waals surface area contributed by atoms with Crippen LogP contribution in [-0.2, 0) is 4.79 Å². The van der Waals surface area contributed by atoms with Crippen LogP contribution in [0.1, 0.15) is 35.5 Å². The lowest BCUT2D eigenvalue weighted by molar-refractivity contribution is -0.122. The van der Waals surface area contributed by atoms with Crippen LogP contribution in [0.5, 0.6) is 0 Å². The molecule has 2 rings (SSSR count). The van der Waals surface area contributed by atoms with Crippen LogP contribution in [0.2, 0.25) is 0 Å². The van der Waals surface area contributed by atoms with Gasteiger partial charge in [-0.1, -0.05) is 11.6 Å². The van der Waals surface area contributed by atoms with E-state index in [1.165, 1.54) is 0 Å². The van der Waals surface area contributed by atoms with E-state index in [0.717, 1.165) is 22.2 Å². The Labute approximate surface area is 130 Å². The molecule has 0 saturated heterocycles. The van der Waals surface area contributed by atoms with E-state index in [0.29, 0.717) is 12.1 Å². The fraction of sp³-hybridized carbons (Fsp3) is 0.353. The second kappa shape index (κ2) is 6.56. The van der Waals surface area contributed by atoms with Crippen LogP contribution in [0.4, 0.5) is 0 Å². The zero-order valence-electron chi connectivity index (χ0n) is 13.4. The van der Waals surface area contributed by atoms with Gasteiger partial charge in [-0.2, -0.15) is 0 Å². The third-order valence-electron chi connectivity index (χ3n) is 3.43. The summed E-state index contributed by atoms with van der Waals surface area (Å²) in [6.45, 7) is 7.87. The molecule has 1 atom stereocenters. The van der Waals surface area contributed by atoms with E-state index in [9.17, 15) is 9.59 Å². The van der Waals surface area contributed by atoms with Crippen molar-refractivity contribution in [1.29, 1.82) is 0 Å². The summed E-state index contributed by atoms with van der Waals surface area (Å²) in [5, 5.41) is 6.23. The Bertz CT molecular complexity index is 725. The molecule has 0 aliphatic rings. The maximum atomic E-state index is 12.5. The first-order valence-electron chi connectivity index (χ1n) is 7.39. The summed E-state index contributed by atoms with van der Waals surface area (Å²) in [6, 6.07) is 6.98. The number of aryl methyl sites for hydroxylation is 2. The van der Waals surface area contributed by atoms with Crippen molar-refractivity contribution in [3.8, 4) is 0 Å². The zero-order valence-corrected chi connectivity index (χ0v) is 13.4. The fourth-order valence-corrected chi connectivity index (χ4v) is 2.33. The molecule has 0 fully saturated rings. The Morgan fingerprint density at radius 2 is 1.95 bits per heavy atom. The molecular formula is C17H21N3O2. The Hall–Kier alpha value is -2.43. The predicted molar refractivity (Wildman–Crippen MR) is 86.8 cm³/mol. The van der Waals surface area contributed by atoms with Crippen LogP contribution in [-0.4, -0.2) is 29.4 Å². The summed E-state index contributed by atoms with van der Waals surface area (Å²) in [5.74, 6) is -0.457. The van der Waals surface area contributed by atoms with Crippen LogP contribution < -0.4 is 10.6 Å². The number of hydrogen-bond donors (Lipinski definition) is 2. The summed E-state index contributed by atoms with van der Waals surface area (Å²) in [7, 11) is 0. The number of nitrogens with zero attached hydrogens (tertiary/aromatic N) is 1. The highest BCUT2D eigenvalue weighted by Crippen LogP contribution is 2.20. The topological polar surface area (TPSA) is 71.1 Å². The number of likely N-dealkylation sites (N-methyl/N-ethyl adjacent to an activating group) is 1. The van der Waals surface area contributed by atoms with Crippen molar-refractivity contribution in [2.45, 2.75) is 33.7 Å². The first kappa shape index (κ1) is 15.9. The zero-order chi connectivity index (χ0) is 16.3. The standard InChI is InChI=1S/C17H21N3O2/c1-5-18-16(21)12(4)20-17(22)14-9-11(3)19-15-7-6-10(2)8-13(14)15/h6-9,12H,5H2,1-4H3,(H,18,21)(H,20,22). The van der Waals surface area contributed by atoms with Crippen LogP contribution in [0.3, 0.4) is 0 Å². The Morgan fingerprint density at radius 1 is 1.23 bits per heavy atom. The number of rotatable bonds is 4. The highest BCUT2D eigenvalue weighted by Gasteiger charge is 2.18. The number of benzene rings is 1. The van der Waals surface area contributed by atoms with E-state index in [2.05, 4.69) is 15.6 Å². The number of fused-ring (bicyclic) bond motifs is 1. The molecule has 2 amide bonds. The molecule has 2 N–H and O–H groups in total. The highest BCUT2D eigenvalue weighted by molar-refractivity contribution is 6.07. The molecule has 1 heterocycles. The van der Waals surface area contributed by atoms with Crippen LogP contribution in [0.15, 0.2) is 24.3 Å². The molecule has 0 aliphatic heterocycles. The van der Waals surface area contributed by atoms with E-state index in [1.54, 1.807) is 13.0 Å². The van der Waals surface area contributed by atoms with E-state index >= 15 is 0 Å². The molecule has 2 aromatic rings. The van der Waals surface area contributed by atoms with E-state index < -0.39 is 6.04 Å². The maximum absolute atomic E-state index is 12.5. The Morgan fingerprint density at radius 3 is 2.64 bits per heavy atom. The van der Waals surface area contributed by atoms with Gasteiger partial charge in [-0.05, 0) is 45.9 Å². The maximum Gasteiger partial charge on any atom is 0.252 e. The summed E-state index contributed by atoms with van der Waals surface area (Å²) < 4.78 is 0. The van der Waals surface area contributed by atoms with Crippen LogP contribution >= 0.6 is 0 Å². The molecule has 22 heavy (non-hydrogen) atoms. The average molecular weight is 299 g/mol. The van der Waals surface area contributed by atoms with Gasteiger partial charge in [0.15, 0.2) is 0 Å². The number of hydrogen-bond acceptors (Lipinski definition) is 3. The fourth-order valence-electron chi connectivity index (χ4n) is 2.33. The second-order valence-corrected chi connectivity index (χ2v) is 5.42. The number of nitrogens with one attached hydrogen (secondary N) is 2. The van der Waals surface area contributed by atoms with Gasteiger partial charge in [0.05, 0.1) is 11.1 Å².